The molecule has 0 saturated heterocycles. The first kappa shape index (κ1) is 12.4. The molecule has 0 aliphatic carbocycles. The van der Waals surface area contributed by atoms with Crippen LogP contribution in [0.4, 0.5) is 10.2 Å². The molecule has 0 saturated carbocycles. The van der Waals surface area contributed by atoms with Crippen molar-refractivity contribution in [2.24, 2.45) is 7.05 Å². The summed E-state index contributed by atoms with van der Waals surface area (Å²) in [5.74, 6) is 0.801. The molecule has 0 amide bonds. The molecule has 0 spiro atoms. The molecule has 0 bridgehead atoms. The van der Waals surface area contributed by atoms with E-state index in [9.17, 15) is 4.39 Å². The van der Waals surface area contributed by atoms with Gasteiger partial charge in [-0.25, -0.2) is 13.8 Å². The van der Waals surface area contributed by atoms with Crippen LogP contribution in [-0.4, -0.2) is 26.1 Å². The summed E-state index contributed by atoms with van der Waals surface area (Å²) in [6.07, 6.45) is 0.930. The summed E-state index contributed by atoms with van der Waals surface area (Å²) in [7, 11) is 1.90. The molecule has 1 N–H and O–H groups in total. The van der Waals surface area contributed by atoms with Crippen molar-refractivity contribution in [1.82, 2.24) is 19.6 Å². The van der Waals surface area contributed by atoms with Gasteiger partial charge >= 0.3 is 0 Å². The fourth-order valence-electron chi connectivity index (χ4n) is 3.14. The summed E-state index contributed by atoms with van der Waals surface area (Å²) in [6.45, 7) is 2.87. The van der Waals surface area contributed by atoms with Crippen LogP contribution < -0.4 is 5.32 Å². The van der Waals surface area contributed by atoms with Gasteiger partial charge in [0, 0.05) is 13.6 Å². The molecule has 3 heterocycles. The molecule has 1 unspecified atom stereocenters. The van der Waals surface area contributed by atoms with Gasteiger partial charge in [-0.3, -0.25) is 0 Å². The summed E-state index contributed by atoms with van der Waals surface area (Å²) >= 11 is 0. The maximum Gasteiger partial charge on any atom is 0.182 e. The Balaban J connectivity index is 1.90. The topological polar surface area (TPSA) is 47.7 Å². The summed E-state index contributed by atoms with van der Waals surface area (Å²) in [5.41, 5.74) is 2.93. The van der Waals surface area contributed by atoms with E-state index in [1.54, 1.807) is 4.68 Å². The largest absolute Gasteiger partial charge is 0.370 e. The average Bonchev–Trinajstić information content (AvgIpc) is 2.99. The van der Waals surface area contributed by atoms with Crippen LogP contribution in [0, 0.1) is 12.7 Å². The maximum absolute atomic E-state index is 13.1. The van der Waals surface area contributed by atoms with E-state index in [0.717, 1.165) is 41.1 Å². The lowest BCUT2D eigenvalue weighted by atomic mass is 10.0. The fourth-order valence-corrected chi connectivity index (χ4v) is 3.14. The molecular formula is C15H16FN5. The molecule has 6 heteroatoms. The highest BCUT2D eigenvalue weighted by molar-refractivity contribution is 5.90. The standard InChI is InChI=1S/C15H16FN5/c1-9-13-14-17-8-7-12(10-3-5-11(16)6-4-10)21(14)19-15(13)20(2)18-9/h3-6,12,17H,7-8H2,1-2H3. The number of benzene rings is 1. The molecule has 0 radical (unpaired) electrons. The number of halogens is 1. The van der Waals surface area contributed by atoms with Gasteiger partial charge in [0.05, 0.1) is 17.1 Å². The first-order chi connectivity index (χ1) is 10.1. The number of rotatable bonds is 1. The monoisotopic (exact) mass is 285 g/mol. The second-order valence-electron chi connectivity index (χ2n) is 5.48. The molecule has 1 atom stereocenters. The zero-order valence-corrected chi connectivity index (χ0v) is 12.0. The van der Waals surface area contributed by atoms with Crippen molar-refractivity contribution in [2.75, 3.05) is 11.9 Å². The van der Waals surface area contributed by atoms with Crippen LogP contribution in [0.5, 0.6) is 0 Å². The second kappa shape index (κ2) is 4.31. The fraction of sp³-hybridized carbons (Fsp3) is 0.333. The molecule has 21 heavy (non-hydrogen) atoms. The van der Waals surface area contributed by atoms with E-state index >= 15 is 0 Å². The number of anilines is 1. The third kappa shape index (κ3) is 1.75. The van der Waals surface area contributed by atoms with E-state index in [-0.39, 0.29) is 11.9 Å². The summed E-state index contributed by atoms with van der Waals surface area (Å²) in [5, 5.41) is 13.6. The zero-order valence-electron chi connectivity index (χ0n) is 12.0. The Morgan fingerprint density at radius 3 is 2.76 bits per heavy atom. The minimum absolute atomic E-state index is 0.133. The molecular weight excluding hydrogens is 269 g/mol. The van der Waals surface area contributed by atoms with E-state index in [2.05, 4.69) is 10.4 Å². The quantitative estimate of drug-likeness (QED) is 0.747. The molecule has 1 aliphatic heterocycles. The van der Waals surface area contributed by atoms with Crippen LogP contribution in [-0.2, 0) is 7.05 Å². The van der Waals surface area contributed by atoms with Gasteiger partial charge in [-0.1, -0.05) is 12.1 Å². The highest BCUT2D eigenvalue weighted by Crippen LogP contribution is 2.35. The smallest absolute Gasteiger partial charge is 0.182 e. The van der Waals surface area contributed by atoms with E-state index in [4.69, 9.17) is 5.10 Å². The Morgan fingerprint density at radius 1 is 1.24 bits per heavy atom. The minimum atomic E-state index is -0.210. The number of nitrogens with one attached hydrogen (secondary N) is 1. The van der Waals surface area contributed by atoms with E-state index in [1.807, 2.05) is 30.8 Å². The molecule has 4 rings (SSSR count). The number of fused-ring (bicyclic) bond motifs is 3. The predicted octanol–water partition coefficient (Wildman–Crippen LogP) is 2.62. The first-order valence-electron chi connectivity index (χ1n) is 7.06. The van der Waals surface area contributed by atoms with Gasteiger partial charge in [0.1, 0.15) is 11.6 Å². The third-order valence-corrected chi connectivity index (χ3v) is 4.12. The van der Waals surface area contributed by atoms with Gasteiger partial charge in [-0.15, -0.1) is 0 Å². The van der Waals surface area contributed by atoms with Crippen molar-refractivity contribution in [3.63, 3.8) is 0 Å². The Morgan fingerprint density at radius 2 is 2.00 bits per heavy atom. The van der Waals surface area contributed by atoms with E-state index in [1.165, 1.54) is 12.1 Å². The number of nitrogens with zero attached hydrogens (tertiary/aromatic N) is 4. The first-order valence-corrected chi connectivity index (χ1v) is 7.06. The predicted molar refractivity (Wildman–Crippen MR) is 78.9 cm³/mol. The summed E-state index contributed by atoms with van der Waals surface area (Å²) in [6, 6.07) is 6.83. The SMILES string of the molecule is Cc1nn(C)c2nn3c(c12)NCCC3c1ccc(F)cc1. The molecule has 1 aromatic carbocycles. The molecule has 3 aromatic rings. The van der Waals surface area contributed by atoms with Crippen molar-refractivity contribution < 1.29 is 4.39 Å². The lowest BCUT2D eigenvalue weighted by Gasteiger charge is -2.26. The number of hydrogen-bond acceptors (Lipinski definition) is 3. The highest BCUT2D eigenvalue weighted by Gasteiger charge is 2.27. The minimum Gasteiger partial charge on any atom is -0.370 e. The third-order valence-electron chi connectivity index (χ3n) is 4.12. The van der Waals surface area contributed by atoms with Gasteiger partial charge < -0.3 is 5.32 Å². The zero-order chi connectivity index (χ0) is 14.6. The Kier molecular flexibility index (Phi) is 2.54. The molecule has 1 aliphatic rings. The molecule has 2 aromatic heterocycles. The highest BCUT2D eigenvalue weighted by atomic mass is 19.1. The van der Waals surface area contributed by atoms with Crippen LogP contribution in [0.1, 0.15) is 23.7 Å². The van der Waals surface area contributed by atoms with Gasteiger partial charge in [-0.2, -0.15) is 10.2 Å². The number of aryl methyl sites for hydroxylation is 2. The van der Waals surface area contributed by atoms with Gasteiger partial charge in [-0.05, 0) is 31.0 Å². The average molecular weight is 285 g/mol. The lowest BCUT2D eigenvalue weighted by Crippen LogP contribution is -2.24. The van der Waals surface area contributed by atoms with Crippen molar-refractivity contribution in [3.8, 4) is 0 Å². The van der Waals surface area contributed by atoms with Crippen molar-refractivity contribution >= 4 is 16.9 Å². The summed E-state index contributed by atoms with van der Waals surface area (Å²) in [4.78, 5) is 0. The van der Waals surface area contributed by atoms with Gasteiger partial charge in [0.25, 0.3) is 0 Å². The second-order valence-corrected chi connectivity index (χ2v) is 5.48. The number of hydrogen-bond donors (Lipinski definition) is 1. The normalized spacial score (nSPS) is 17.8. The van der Waals surface area contributed by atoms with Gasteiger partial charge in [0.15, 0.2) is 5.65 Å². The van der Waals surface area contributed by atoms with Crippen LogP contribution >= 0.6 is 0 Å². The molecule has 108 valence electrons. The van der Waals surface area contributed by atoms with Crippen molar-refractivity contribution in [2.45, 2.75) is 19.4 Å². The van der Waals surface area contributed by atoms with Crippen molar-refractivity contribution in [1.29, 1.82) is 0 Å². The van der Waals surface area contributed by atoms with Crippen LogP contribution in [0.2, 0.25) is 0 Å². The van der Waals surface area contributed by atoms with Crippen LogP contribution in [0.25, 0.3) is 11.0 Å². The Bertz CT molecular complexity index is 815. The van der Waals surface area contributed by atoms with Gasteiger partial charge in [0.2, 0.25) is 0 Å². The van der Waals surface area contributed by atoms with E-state index < -0.39 is 0 Å². The lowest BCUT2D eigenvalue weighted by molar-refractivity contribution is 0.481. The molecule has 0 fully saturated rings. The number of aromatic nitrogens is 4. The Labute approximate surface area is 121 Å². The summed E-state index contributed by atoms with van der Waals surface area (Å²) < 4.78 is 16.9. The van der Waals surface area contributed by atoms with Crippen LogP contribution in [0.3, 0.4) is 0 Å². The van der Waals surface area contributed by atoms with Crippen LogP contribution in [0.15, 0.2) is 24.3 Å². The Hall–Kier alpha value is -2.37. The van der Waals surface area contributed by atoms with Crippen molar-refractivity contribution in [3.05, 3.63) is 41.3 Å². The maximum atomic E-state index is 13.1. The van der Waals surface area contributed by atoms with E-state index in [0.29, 0.717) is 0 Å². The molecule has 5 nitrogen and oxygen atoms in total.